The number of imidazole rings is 1. The number of hydrogen-bond acceptors (Lipinski definition) is 2. The molecule has 0 bridgehead atoms. The first kappa shape index (κ1) is 13.5. The Morgan fingerprint density at radius 2 is 1.95 bits per heavy atom. The Morgan fingerprint density at radius 3 is 2.65 bits per heavy atom. The second-order valence-corrected chi connectivity index (χ2v) is 5.47. The molecule has 0 unspecified atom stereocenters. The highest BCUT2D eigenvalue weighted by Crippen LogP contribution is 2.29. The molecule has 1 aromatic heterocycles. The Morgan fingerprint density at radius 1 is 1.15 bits per heavy atom. The molecular formula is C14H10Cl2N2OS. The van der Waals surface area contributed by atoms with Gasteiger partial charge in [0.25, 0.3) is 0 Å². The van der Waals surface area contributed by atoms with E-state index in [1.54, 1.807) is 19.2 Å². The quantitative estimate of drug-likeness (QED) is 0.672. The van der Waals surface area contributed by atoms with E-state index in [2.05, 4.69) is 4.98 Å². The first-order chi connectivity index (χ1) is 9.60. The van der Waals surface area contributed by atoms with E-state index >= 15 is 0 Å². The SMILES string of the molecule is COc1ccc2c(c1)[nH]c(=S)n2-c1ccc(Cl)cc1Cl. The Labute approximate surface area is 130 Å². The van der Waals surface area contributed by atoms with Crippen LogP contribution in [0.25, 0.3) is 16.7 Å². The maximum atomic E-state index is 6.26. The van der Waals surface area contributed by atoms with Crippen LogP contribution in [-0.2, 0) is 0 Å². The van der Waals surface area contributed by atoms with Gasteiger partial charge in [-0.3, -0.25) is 4.57 Å². The third-order valence-electron chi connectivity index (χ3n) is 3.04. The van der Waals surface area contributed by atoms with Gasteiger partial charge < -0.3 is 9.72 Å². The summed E-state index contributed by atoms with van der Waals surface area (Å²) in [6, 6.07) is 11.0. The van der Waals surface area contributed by atoms with Crippen LogP contribution < -0.4 is 4.74 Å². The summed E-state index contributed by atoms with van der Waals surface area (Å²) in [6.07, 6.45) is 0. The second kappa shape index (κ2) is 5.13. The minimum atomic E-state index is 0.547. The fourth-order valence-electron chi connectivity index (χ4n) is 2.12. The Hall–Kier alpha value is -1.49. The van der Waals surface area contributed by atoms with Gasteiger partial charge in [-0.25, -0.2) is 0 Å². The summed E-state index contributed by atoms with van der Waals surface area (Å²) in [5.74, 6) is 0.767. The third kappa shape index (κ3) is 2.20. The molecule has 0 spiro atoms. The number of benzene rings is 2. The van der Waals surface area contributed by atoms with Gasteiger partial charge in [0.2, 0.25) is 0 Å². The average Bonchev–Trinajstić information content (AvgIpc) is 2.74. The highest BCUT2D eigenvalue weighted by Gasteiger charge is 2.10. The number of hydrogen-bond donors (Lipinski definition) is 1. The van der Waals surface area contributed by atoms with Gasteiger partial charge in [0.1, 0.15) is 5.75 Å². The fourth-order valence-corrected chi connectivity index (χ4v) is 2.92. The van der Waals surface area contributed by atoms with E-state index in [1.165, 1.54) is 0 Å². The number of methoxy groups -OCH3 is 1. The number of nitrogens with one attached hydrogen (secondary N) is 1. The number of nitrogens with zero attached hydrogens (tertiary/aromatic N) is 1. The van der Waals surface area contributed by atoms with Crippen molar-refractivity contribution in [1.82, 2.24) is 9.55 Å². The number of aromatic amines is 1. The van der Waals surface area contributed by atoms with E-state index in [1.807, 2.05) is 28.8 Å². The molecule has 0 aliphatic carbocycles. The zero-order valence-electron chi connectivity index (χ0n) is 10.5. The number of rotatable bonds is 2. The molecule has 0 radical (unpaired) electrons. The van der Waals surface area contributed by atoms with Crippen molar-refractivity contribution in [3.8, 4) is 11.4 Å². The molecule has 0 atom stereocenters. The van der Waals surface area contributed by atoms with E-state index in [0.717, 1.165) is 22.5 Å². The van der Waals surface area contributed by atoms with Gasteiger partial charge in [0.15, 0.2) is 4.77 Å². The number of H-pyrrole nitrogens is 1. The van der Waals surface area contributed by atoms with Crippen LogP contribution in [0.2, 0.25) is 10.0 Å². The van der Waals surface area contributed by atoms with Crippen LogP contribution in [0.5, 0.6) is 5.75 Å². The van der Waals surface area contributed by atoms with Crippen LogP contribution in [-0.4, -0.2) is 16.7 Å². The van der Waals surface area contributed by atoms with Crippen molar-refractivity contribution in [2.45, 2.75) is 0 Å². The summed E-state index contributed by atoms with van der Waals surface area (Å²) in [4.78, 5) is 3.15. The first-order valence-electron chi connectivity index (χ1n) is 5.84. The molecule has 0 saturated heterocycles. The molecule has 0 aliphatic heterocycles. The fraction of sp³-hybridized carbons (Fsp3) is 0.0714. The van der Waals surface area contributed by atoms with Crippen LogP contribution in [0.1, 0.15) is 0 Å². The summed E-state index contributed by atoms with van der Waals surface area (Å²) < 4.78 is 7.65. The van der Waals surface area contributed by atoms with E-state index in [4.69, 9.17) is 40.2 Å². The molecule has 0 amide bonds. The zero-order chi connectivity index (χ0) is 14.3. The van der Waals surface area contributed by atoms with Gasteiger partial charge in [-0.2, -0.15) is 0 Å². The van der Waals surface area contributed by atoms with E-state index < -0.39 is 0 Å². The third-order valence-corrected chi connectivity index (χ3v) is 3.86. The molecule has 20 heavy (non-hydrogen) atoms. The number of ether oxygens (including phenoxy) is 1. The normalized spacial score (nSPS) is 10.9. The van der Waals surface area contributed by atoms with Crippen molar-refractivity contribution in [2.75, 3.05) is 7.11 Å². The topological polar surface area (TPSA) is 29.9 Å². The Balaban J connectivity index is 2.31. The molecule has 0 saturated carbocycles. The smallest absolute Gasteiger partial charge is 0.182 e. The van der Waals surface area contributed by atoms with Crippen molar-refractivity contribution in [3.63, 3.8) is 0 Å². The van der Waals surface area contributed by atoms with Crippen molar-refractivity contribution < 1.29 is 4.74 Å². The van der Waals surface area contributed by atoms with Crippen molar-refractivity contribution in [3.05, 3.63) is 51.2 Å². The molecule has 0 fully saturated rings. The van der Waals surface area contributed by atoms with Gasteiger partial charge in [0.05, 0.1) is 28.9 Å². The predicted molar refractivity (Wildman–Crippen MR) is 85.0 cm³/mol. The van der Waals surface area contributed by atoms with Crippen molar-refractivity contribution in [2.24, 2.45) is 0 Å². The Kier molecular flexibility index (Phi) is 3.46. The summed E-state index contributed by atoms with van der Waals surface area (Å²) >= 11 is 17.6. The van der Waals surface area contributed by atoms with Crippen LogP contribution in [0.4, 0.5) is 0 Å². The Bertz CT molecular complexity index is 854. The van der Waals surface area contributed by atoms with Crippen LogP contribution in [0.15, 0.2) is 36.4 Å². The highest BCUT2D eigenvalue weighted by atomic mass is 35.5. The lowest BCUT2D eigenvalue weighted by molar-refractivity contribution is 0.415. The number of fused-ring (bicyclic) bond motifs is 1. The predicted octanol–water partition coefficient (Wildman–Crippen LogP) is 5.00. The second-order valence-electron chi connectivity index (χ2n) is 4.24. The highest BCUT2D eigenvalue weighted by molar-refractivity contribution is 7.71. The zero-order valence-corrected chi connectivity index (χ0v) is 12.8. The molecule has 6 heteroatoms. The maximum Gasteiger partial charge on any atom is 0.182 e. The van der Waals surface area contributed by atoms with Gasteiger partial charge in [0, 0.05) is 11.1 Å². The standard InChI is InChI=1S/C14H10Cl2N2OS/c1-19-9-3-5-13-11(7-9)17-14(20)18(13)12-4-2-8(15)6-10(12)16/h2-7H,1H3,(H,17,20). The molecule has 1 heterocycles. The molecule has 0 aliphatic rings. The summed E-state index contributed by atoms with van der Waals surface area (Å²) in [6.45, 7) is 0. The minimum absolute atomic E-state index is 0.547. The summed E-state index contributed by atoms with van der Waals surface area (Å²) in [5, 5.41) is 1.14. The maximum absolute atomic E-state index is 6.26. The minimum Gasteiger partial charge on any atom is -0.497 e. The molecule has 3 nitrogen and oxygen atoms in total. The molecule has 3 aromatic rings. The lowest BCUT2D eigenvalue weighted by atomic mass is 10.2. The van der Waals surface area contributed by atoms with Gasteiger partial charge in [-0.05, 0) is 42.5 Å². The monoisotopic (exact) mass is 324 g/mol. The molecule has 102 valence electrons. The van der Waals surface area contributed by atoms with E-state index in [-0.39, 0.29) is 0 Å². The average molecular weight is 325 g/mol. The van der Waals surface area contributed by atoms with Crippen LogP contribution in [0.3, 0.4) is 0 Å². The number of aromatic nitrogens is 2. The lowest BCUT2D eigenvalue weighted by Gasteiger charge is -2.07. The summed E-state index contributed by atoms with van der Waals surface area (Å²) in [5.41, 5.74) is 2.61. The molecular weight excluding hydrogens is 315 g/mol. The largest absolute Gasteiger partial charge is 0.497 e. The van der Waals surface area contributed by atoms with E-state index in [0.29, 0.717) is 14.8 Å². The van der Waals surface area contributed by atoms with Gasteiger partial charge in [-0.15, -0.1) is 0 Å². The lowest BCUT2D eigenvalue weighted by Crippen LogP contribution is -1.95. The molecule has 3 rings (SSSR count). The van der Waals surface area contributed by atoms with Gasteiger partial charge in [-0.1, -0.05) is 23.2 Å². The van der Waals surface area contributed by atoms with Gasteiger partial charge >= 0.3 is 0 Å². The van der Waals surface area contributed by atoms with Crippen LogP contribution in [0, 0.1) is 4.77 Å². The summed E-state index contributed by atoms with van der Waals surface area (Å²) in [7, 11) is 1.63. The van der Waals surface area contributed by atoms with Crippen LogP contribution >= 0.6 is 35.4 Å². The van der Waals surface area contributed by atoms with Crippen molar-refractivity contribution in [1.29, 1.82) is 0 Å². The van der Waals surface area contributed by atoms with Crippen molar-refractivity contribution >= 4 is 46.5 Å². The van der Waals surface area contributed by atoms with E-state index in [9.17, 15) is 0 Å². The first-order valence-corrected chi connectivity index (χ1v) is 7.01. The molecule has 2 aromatic carbocycles. The molecule has 1 N–H and O–H groups in total. The number of halogens is 2.